The molecule has 160 valence electrons. The third-order valence-corrected chi connectivity index (χ3v) is 6.81. The Balaban J connectivity index is 1.77. The third kappa shape index (κ3) is 3.29. The first-order valence-electron chi connectivity index (χ1n) is 10.2. The number of carbonyl (C=O) groups is 1. The first kappa shape index (κ1) is 21.7. The van der Waals surface area contributed by atoms with Crippen LogP contribution < -0.4 is 9.80 Å². The average molecular weight is 460 g/mol. The number of unbranched alkanes of at least 4 members (excludes halogenated alkanes) is 1. The Morgan fingerprint density at radius 2 is 2.00 bits per heavy atom. The van der Waals surface area contributed by atoms with Crippen LogP contribution in [0.1, 0.15) is 44.6 Å². The van der Waals surface area contributed by atoms with E-state index in [1.165, 1.54) is 18.2 Å². The normalized spacial score (nSPS) is 17.3. The number of carbonyl (C=O) groups excluding carboxylic acids is 1. The van der Waals surface area contributed by atoms with Gasteiger partial charge >= 0.3 is 0 Å². The van der Waals surface area contributed by atoms with Crippen molar-refractivity contribution in [3.63, 3.8) is 0 Å². The van der Waals surface area contributed by atoms with Crippen molar-refractivity contribution in [3.8, 4) is 0 Å². The minimum atomic E-state index is -0.953. The number of halogens is 3. The molecular weight excluding hydrogens is 440 g/mol. The number of anilines is 2. The van der Waals surface area contributed by atoms with Crippen LogP contribution in [0.15, 0.2) is 30.3 Å². The summed E-state index contributed by atoms with van der Waals surface area (Å²) >= 11 is 11.6. The van der Waals surface area contributed by atoms with Crippen LogP contribution in [-0.2, 0) is 11.2 Å². The lowest BCUT2D eigenvalue weighted by Gasteiger charge is -2.43. The summed E-state index contributed by atoms with van der Waals surface area (Å²) in [6, 6.07) is 7.59. The fourth-order valence-electron chi connectivity index (χ4n) is 4.23. The van der Waals surface area contributed by atoms with Gasteiger partial charge in [-0.2, -0.15) is 0 Å². The molecule has 1 saturated heterocycles. The second-order valence-corrected chi connectivity index (χ2v) is 8.61. The van der Waals surface area contributed by atoms with Gasteiger partial charge in [0.1, 0.15) is 11.4 Å². The van der Waals surface area contributed by atoms with Crippen LogP contribution in [-0.4, -0.2) is 16.6 Å². The smallest absolute Gasteiger partial charge is 0.259 e. The number of rotatable bonds is 5. The Morgan fingerprint density at radius 1 is 1.26 bits per heavy atom. The topological polar surface area (TPSA) is 27.9 Å². The van der Waals surface area contributed by atoms with Crippen molar-refractivity contribution in [2.24, 2.45) is 0 Å². The molecule has 4 nitrogen and oxygen atoms in total. The highest BCUT2D eigenvalue weighted by molar-refractivity contribution is 7.81. The highest BCUT2D eigenvalue weighted by Crippen LogP contribution is 2.49. The lowest BCUT2D eigenvalue weighted by Crippen LogP contribution is -2.55. The minimum absolute atomic E-state index is 0.0413. The molecule has 2 aliphatic rings. The maximum atomic E-state index is 15.0. The summed E-state index contributed by atoms with van der Waals surface area (Å²) in [4.78, 5) is 19.4. The zero-order valence-corrected chi connectivity index (χ0v) is 18.5. The fraction of sp³-hybridized carbons (Fsp3) is 0.348. The molecule has 1 saturated carbocycles. The molecule has 0 N–H and O–H groups in total. The van der Waals surface area contributed by atoms with E-state index in [1.807, 2.05) is 6.92 Å². The molecule has 0 radical (unpaired) electrons. The number of thiocarbonyl (C=S) groups is 1. The first-order chi connectivity index (χ1) is 14.9. The zero-order chi connectivity index (χ0) is 22.3. The highest BCUT2D eigenvalue weighted by Gasteiger charge is 2.60. The Hall–Kier alpha value is -2.56. The SMILES string of the molecule is [C-]#[N+]c1ccc(N2C(=O)C3(CCC3)N(c3ccc(CCCC)c(F)c3)C2=S)c(F)c1Cl. The van der Waals surface area contributed by atoms with Gasteiger partial charge in [0.25, 0.3) is 5.91 Å². The number of benzene rings is 2. The largest absolute Gasteiger partial charge is 0.303 e. The first-order valence-corrected chi connectivity index (χ1v) is 11.0. The molecule has 0 unspecified atom stereocenters. The van der Waals surface area contributed by atoms with Gasteiger partial charge in [0.2, 0.25) is 5.69 Å². The maximum absolute atomic E-state index is 15.0. The van der Waals surface area contributed by atoms with E-state index in [9.17, 15) is 13.6 Å². The van der Waals surface area contributed by atoms with Crippen LogP contribution in [0, 0.1) is 18.2 Å². The summed E-state index contributed by atoms with van der Waals surface area (Å²) in [6.45, 7) is 9.14. The second kappa shape index (κ2) is 8.18. The summed E-state index contributed by atoms with van der Waals surface area (Å²) in [6.07, 6.45) is 4.38. The number of amides is 1. The van der Waals surface area contributed by atoms with Crippen molar-refractivity contribution < 1.29 is 13.6 Å². The summed E-state index contributed by atoms with van der Waals surface area (Å²) < 4.78 is 29.8. The van der Waals surface area contributed by atoms with Crippen LogP contribution >= 0.6 is 23.8 Å². The Labute approximate surface area is 190 Å². The van der Waals surface area contributed by atoms with Crippen molar-refractivity contribution in [3.05, 3.63) is 64.0 Å². The van der Waals surface area contributed by atoms with Crippen molar-refractivity contribution in [1.82, 2.24) is 0 Å². The summed E-state index contributed by atoms with van der Waals surface area (Å²) in [5.74, 6) is -1.57. The van der Waals surface area contributed by atoms with Gasteiger partial charge < -0.3 is 4.90 Å². The van der Waals surface area contributed by atoms with E-state index >= 15 is 0 Å². The van der Waals surface area contributed by atoms with Gasteiger partial charge in [0.15, 0.2) is 10.9 Å². The molecule has 1 amide bonds. The lowest BCUT2D eigenvalue weighted by molar-refractivity contribution is -0.123. The minimum Gasteiger partial charge on any atom is -0.303 e. The van der Waals surface area contributed by atoms with Crippen molar-refractivity contribution in [2.75, 3.05) is 9.80 Å². The van der Waals surface area contributed by atoms with Crippen LogP contribution in [0.2, 0.25) is 5.02 Å². The molecule has 31 heavy (non-hydrogen) atoms. The Morgan fingerprint density at radius 3 is 2.58 bits per heavy atom. The predicted molar refractivity (Wildman–Crippen MR) is 122 cm³/mol. The average Bonchev–Trinajstić information content (AvgIpc) is 2.96. The summed E-state index contributed by atoms with van der Waals surface area (Å²) in [5.41, 5.74) is 0.00427. The van der Waals surface area contributed by atoms with Crippen molar-refractivity contribution in [1.29, 1.82) is 0 Å². The number of aryl methyl sites for hydroxylation is 1. The Kier molecular flexibility index (Phi) is 5.71. The number of nitrogens with zero attached hydrogens (tertiary/aromatic N) is 3. The molecule has 0 aromatic heterocycles. The standard InChI is InChI=1S/C23H20ClF2N3OS/c1-3-4-6-14-7-8-15(13-16(14)25)29-22(31)28(21(30)23(29)11-5-12-23)18-10-9-17(27-2)19(24)20(18)26/h7-10,13H,3-6,11-12H2,1H3. The lowest BCUT2D eigenvalue weighted by atomic mass is 9.75. The van der Waals surface area contributed by atoms with E-state index < -0.39 is 11.4 Å². The molecule has 1 heterocycles. The molecule has 0 atom stereocenters. The van der Waals surface area contributed by atoms with Gasteiger partial charge in [0, 0.05) is 5.69 Å². The van der Waals surface area contributed by atoms with Crippen molar-refractivity contribution >= 4 is 51.9 Å². The number of hydrogen-bond donors (Lipinski definition) is 0. The molecule has 2 aromatic carbocycles. The molecule has 1 aliphatic carbocycles. The second-order valence-electron chi connectivity index (χ2n) is 7.87. The molecule has 1 spiro atoms. The van der Waals surface area contributed by atoms with Gasteiger partial charge in [-0.1, -0.05) is 37.1 Å². The van der Waals surface area contributed by atoms with E-state index in [4.69, 9.17) is 30.4 Å². The molecule has 2 aromatic rings. The molecule has 0 bridgehead atoms. The molecule has 2 fully saturated rings. The summed E-state index contributed by atoms with van der Waals surface area (Å²) in [5, 5.41) is -0.272. The predicted octanol–water partition coefficient (Wildman–Crippen LogP) is 6.57. The maximum Gasteiger partial charge on any atom is 0.259 e. The molecule has 4 rings (SSSR count). The van der Waals surface area contributed by atoms with E-state index in [2.05, 4.69) is 4.85 Å². The summed E-state index contributed by atoms with van der Waals surface area (Å²) in [7, 11) is 0. The molecule has 8 heteroatoms. The van der Waals surface area contributed by atoms with Gasteiger partial charge in [-0.15, -0.1) is 0 Å². The zero-order valence-electron chi connectivity index (χ0n) is 16.9. The van der Waals surface area contributed by atoms with E-state index in [-0.39, 0.29) is 33.2 Å². The van der Waals surface area contributed by atoms with Gasteiger partial charge in [-0.25, -0.2) is 13.6 Å². The fourth-order valence-corrected chi connectivity index (χ4v) is 4.89. The molecular formula is C23H20ClF2N3OS. The van der Waals surface area contributed by atoms with Crippen LogP contribution in [0.25, 0.3) is 4.85 Å². The van der Waals surface area contributed by atoms with Crippen LogP contribution in [0.5, 0.6) is 0 Å². The van der Waals surface area contributed by atoms with Crippen LogP contribution in [0.4, 0.5) is 25.8 Å². The number of hydrogen-bond acceptors (Lipinski definition) is 2. The van der Waals surface area contributed by atoms with Crippen molar-refractivity contribution in [2.45, 2.75) is 51.0 Å². The quantitative estimate of drug-likeness (QED) is 0.373. The van der Waals surface area contributed by atoms with E-state index in [0.717, 1.165) is 24.2 Å². The third-order valence-electron chi connectivity index (χ3n) is 6.09. The Bertz CT molecular complexity index is 1130. The van der Waals surface area contributed by atoms with Gasteiger partial charge in [0.05, 0.1) is 17.3 Å². The van der Waals surface area contributed by atoms with Gasteiger partial charge in [-0.3, -0.25) is 9.69 Å². The van der Waals surface area contributed by atoms with Crippen LogP contribution in [0.3, 0.4) is 0 Å². The van der Waals surface area contributed by atoms with E-state index in [0.29, 0.717) is 30.5 Å². The monoisotopic (exact) mass is 459 g/mol. The van der Waals surface area contributed by atoms with Gasteiger partial charge in [-0.05, 0) is 68.1 Å². The molecule has 1 aliphatic heterocycles. The highest BCUT2D eigenvalue weighted by atomic mass is 35.5. The van der Waals surface area contributed by atoms with E-state index in [1.54, 1.807) is 17.0 Å².